The van der Waals surface area contributed by atoms with E-state index >= 15 is 0 Å². The molecule has 0 aliphatic carbocycles. The van der Waals surface area contributed by atoms with E-state index in [9.17, 15) is 4.79 Å². The summed E-state index contributed by atoms with van der Waals surface area (Å²) in [6, 6.07) is 0.204. The van der Waals surface area contributed by atoms with Crippen molar-refractivity contribution >= 4 is 13.2 Å². The van der Waals surface area contributed by atoms with Crippen molar-refractivity contribution < 1.29 is 18.8 Å². The summed E-state index contributed by atoms with van der Waals surface area (Å²) in [6.07, 6.45) is 1.98. The topological polar surface area (TPSA) is 51.2 Å². The van der Waals surface area contributed by atoms with Gasteiger partial charge in [-0.3, -0.25) is 4.90 Å². The molecule has 2 fully saturated rings. The first-order valence-corrected chi connectivity index (χ1v) is 9.16. The Kier molecular flexibility index (Phi) is 4.49. The van der Waals surface area contributed by atoms with Crippen LogP contribution < -0.4 is 0 Å². The van der Waals surface area contributed by atoms with E-state index in [-0.39, 0.29) is 30.5 Å². The fourth-order valence-electron chi connectivity index (χ4n) is 3.38. The molecule has 140 valence electrons. The van der Waals surface area contributed by atoms with Crippen LogP contribution in [0.1, 0.15) is 48.5 Å². The molecule has 0 aromatic rings. The van der Waals surface area contributed by atoms with Gasteiger partial charge in [-0.15, -0.1) is 0 Å². The normalized spacial score (nSPS) is 28.8. The third kappa shape index (κ3) is 3.73. The van der Waals surface area contributed by atoms with Gasteiger partial charge in [0, 0.05) is 32.2 Å². The Balaban J connectivity index is 1.65. The van der Waals surface area contributed by atoms with Crippen LogP contribution in [0.25, 0.3) is 0 Å². The van der Waals surface area contributed by atoms with E-state index in [2.05, 4.69) is 38.7 Å². The molecule has 3 aliphatic rings. The van der Waals surface area contributed by atoms with Crippen LogP contribution in [0, 0.1) is 0 Å². The lowest BCUT2D eigenvalue weighted by atomic mass is 9.78. The number of amides is 1. The largest absolute Gasteiger partial charge is 0.491 e. The molecule has 3 aliphatic heterocycles. The molecule has 0 bridgehead atoms. The fourth-order valence-corrected chi connectivity index (χ4v) is 3.38. The van der Waals surface area contributed by atoms with Crippen molar-refractivity contribution in [3.8, 4) is 0 Å². The van der Waals surface area contributed by atoms with Gasteiger partial charge in [0.05, 0.1) is 11.2 Å². The Labute approximate surface area is 151 Å². The first kappa shape index (κ1) is 18.7. The molecule has 1 atom stereocenters. The zero-order valence-electron chi connectivity index (χ0n) is 16.6. The SMILES string of the molecule is CC(C)(C)OC(=O)N1CCN2CC(B3OC(C)(C)C(C)(C)O3)=C[C@H]2C1. The number of ether oxygens (including phenoxy) is 1. The molecule has 25 heavy (non-hydrogen) atoms. The minimum absolute atomic E-state index is 0.204. The summed E-state index contributed by atoms with van der Waals surface area (Å²) < 4.78 is 17.8. The van der Waals surface area contributed by atoms with E-state index in [1.165, 1.54) is 0 Å². The average Bonchev–Trinajstić information content (AvgIpc) is 2.95. The predicted octanol–water partition coefficient (Wildman–Crippen LogP) is 2.48. The van der Waals surface area contributed by atoms with Crippen molar-refractivity contribution in [2.45, 2.75) is 71.3 Å². The highest BCUT2D eigenvalue weighted by atomic mass is 16.7. The molecule has 0 radical (unpaired) electrons. The molecular weight excluding hydrogens is 319 g/mol. The summed E-state index contributed by atoms with van der Waals surface area (Å²) in [4.78, 5) is 16.5. The number of hydrogen-bond donors (Lipinski definition) is 0. The van der Waals surface area contributed by atoms with Crippen LogP contribution in [-0.2, 0) is 14.0 Å². The van der Waals surface area contributed by atoms with Gasteiger partial charge in [0.1, 0.15) is 5.60 Å². The van der Waals surface area contributed by atoms with E-state index in [4.69, 9.17) is 14.0 Å². The van der Waals surface area contributed by atoms with E-state index in [1.54, 1.807) is 4.90 Å². The molecule has 6 nitrogen and oxygen atoms in total. The Bertz CT molecular complexity index is 566. The van der Waals surface area contributed by atoms with Crippen molar-refractivity contribution in [2.75, 3.05) is 26.2 Å². The molecule has 3 heterocycles. The predicted molar refractivity (Wildman–Crippen MR) is 97.3 cm³/mol. The molecule has 0 unspecified atom stereocenters. The maximum absolute atomic E-state index is 12.3. The van der Waals surface area contributed by atoms with Crippen LogP contribution in [0.2, 0.25) is 0 Å². The lowest BCUT2D eigenvalue weighted by molar-refractivity contribution is 0.00578. The lowest BCUT2D eigenvalue weighted by Crippen LogP contribution is -2.53. The molecular formula is C18H31BN2O4. The Hall–Kier alpha value is -1.05. The average molecular weight is 350 g/mol. The minimum Gasteiger partial charge on any atom is -0.444 e. The Morgan fingerprint density at radius 1 is 1.20 bits per heavy atom. The highest BCUT2D eigenvalue weighted by molar-refractivity contribution is 6.55. The van der Waals surface area contributed by atoms with E-state index in [0.717, 1.165) is 18.6 Å². The molecule has 0 aromatic heterocycles. The van der Waals surface area contributed by atoms with Crippen LogP contribution in [0.3, 0.4) is 0 Å². The number of carbonyl (C=O) groups excluding carboxylic acids is 1. The van der Waals surface area contributed by atoms with Gasteiger partial charge >= 0.3 is 13.2 Å². The van der Waals surface area contributed by atoms with Crippen molar-refractivity contribution in [1.29, 1.82) is 0 Å². The summed E-state index contributed by atoms with van der Waals surface area (Å²) in [5.74, 6) is 0. The minimum atomic E-state index is -0.465. The quantitative estimate of drug-likeness (QED) is 0.680. The summed E-state index contributed by atoms with van der Waals surface area (Å²) in [7, 11) is -0.300. The summed E-state index contributed by atoms with van der Waals surface area (Å²) >= 11 is 0. The van der Waals surface area contributed by atoms with Crippen LogP contribution >= 0.6 is 0 Å². The van der Waals surface area contributed by atoms with E-state index in [1.807, 2.05) is 20.8 Å². The second kappa shape index (κ2) is 6.00. The maximum Gasteiger partial charge on any atom is 0.491 e. The Morgan fingerprint density at radius 2 is 1.80 bits per heavy atom. The van der Waals surface area contributed by atoms with Crippen molar-refractivity contribution in [3.05, 3.63) is 11.5 Å². The maximum atomic E-state index is 12.3. The summed E-state index contributed by atoms with van der Waals surface area (Å²) in [6.45, 7) is 17.0. The Morgan fingerprint density at radius 3 is 2.36 bits per heavy atom. The summed E-state index contributed by atoms with van der Waals surface area (Å²) in [5.41, 5.74) is 0.0386. The molecule has 2 saturated heterocycles. The molecule has 0 aromatic carbocycles. The molecule has 1 amide bonds. The fraction of sp³-hybridized carbons (Fsp3) is 0.833. The van der Waals surface area contributed by atoms with Gasteiger partial charge in [0.15, 0.2) is 0 Å². The highest BCUT2D eigenvalue weighted by Gasteiger charge is 2.53. The molecule has 3 rings (SSSR count). The highest BCUT2D eigenvalue weighted by Crippen LogP contribution is 2.39. The summed E-state index contributed by atoms with van der Waals surface area (Å²) in [5, 5.41) is 0. The first-order chi connectivity index (χ1) is 11.4. The van der Waals surface area contributed by atoms with E-state index in [0.29, 0.717) is 13.1 Å². The second-order valence-electron chi connectivity index (χ2n) is 9.29. The number of carbonyl (C=O) groups is 1. The van der Waals surface area contributed by atoms with Crippen molar-refractivity contribution in [3.63, 3.8) is 0 Å². The third-order valence-corrected chi connectivity index (χ3v) is 5.53. The molecule has 7 heteroatoms. The monoisotopic (exact) mass is 350 g/mol. The standard InChI is InChI=1S/C18H31BN2O4/c1-16(2,3)23-15(22)21-9-8-20-11-13(10-14(20)12-21)19-24-17(4,5)18(6,7)25-19/h10,14H,8-9,11-12H2,1-7H3/t14-/m0/s1. The number of rotatable bonds is 1. The van der Waals surface area contributed by atoms with Gasteiger partial charge in [0.2, 0.25) is 0 Å². The van der Waals surface area contributed by atoms with Crippen LogP contribution in [0.5, 0.6) is 0 Å². The number of piperazine rings is 1. The second-order valence-corrected chi connectivity index (χ2v) is 9.29. The van der Waals surface area contributed by atoms with Crippen LogP contribution in [-0.4, -0.2) is 72.0 Å². The third-order valence-electron chi connectivity index (χ3n) is 5.53. The first-order valence-electron chi connectivity index (χ1n) is 9.16. The van der Waals surface area contributed by atoms with Gasteiger partial charge < -0.3 is 18.9 Å². The van der Waals surface area contributed by atoms with Crippen LogP contribution in [0.15, 0.2) is 11.5 Å². The van der Waals surface area contributed by atoms with Gasteiger partial charge in [-0.05, 0) is 53.9 Å². The van der Waals surface area contributed by atoms with Gasteiger partial charge in [-0.25, -0.2) is 4.79 Å². The zero-order valence-corrected chi connectivity index (χ0v) is 16.6. The van der Waals surface area contributed by atoms with Gasteiger partial charge in [0.25, 0.3) is 0 Å². The van der Waals surface area contributed by atoms with Gasteiger partial charge in [-0.2, -0.15) is 0 Å². The van der Waals surface area contributed by atoms with Crippen molar-refractivity contribution in [2.24, 2.45) is 0 Å². The zero-order chi connectivity index (χ0) is 18.6. The van der Waals surface area contributed by atoms with E-state index < -0.39 is 5.60 Å². The molecule has 0 spiro atoms. The number of hydrogen-bond acceptors (Lipinski definition) is 5. The lowest BCUT2D eigenvalue weighted by Gasteiger charge is -2.37. The van der Waals surface area contributed by atoms with Crippen molar-refractivity contribution in [1.82, 2.24) is 9.80 Å². The van der Waals surface area contributed by atoms with Crippen LogP contribution in [0.4, 0.5) is 4.79 Å². The smallest absolute Gasteiger partial charge is 0.444 e. The number of fused-ring (bicyclic) bond motifs is 1. The molecule has 0 N–H and O–H groups in total. The molecule has 0 saturated carbocycles. The number of nitrogens with zero attached hydrogens (tertiary/aromatic N) is 2. The van der Waals surface area contributed by atoms with Gasteiger partial charge in [-0.1, -0.05) is 6.08 Å².